The lowest BCUT2D eigenvalue weighted by Gasteiger charge is -2.31. The molecule has 0 saturated heterocycles. The van der Waals surface area contributed by atoms with E-state index in [9.17, 15) is 0 Å². The van der Waals surface area contributed by atoms with Gasteiger partial charge in [0.15, 0.2) is 0 Å². The first-order chi connectivity index (χ1) is 17.7. The van der Waals surface area contributed by atoms with E-state index in [4.69, 9.17) is 9.47 Å². The van der Waals surface area contributed by atoms with Crippen molar-refractivity contribution in [1.82, 2.24) is 0 Å². The van der Waals surface area contributed by atoms with Gasteiger partial charge in [-0.3, -0.25) is 0 Å². The molecule has 2 aromatic rings. The molecular weight excluding hydrogens is 440 g/mol. The molecule has 2 aromatic carbocycles. The second-order valence-corrected chi connectivity index (χ2v) is 11.9. The first-order valence-electron chi connectivity index (χ1n) is 15.1. The van der Waals surface area contributed by atoms with Crippen LogP contribution in [0.1, 0.15) is 114 Å². The summed E-state index contributed by atoms with van der Waals surface area (Å²) >= 11 is 0. The van der Waals surface area contributed by atoms with Crippen LogP contribution in [0.2, 0.25) is 0 Å². The number of benzene rings is 2. The van der Waals surface area contributed by atoms with Crippen LogP contribution in [0.3, 0.4) is 0 Å². The normalized spacial score (nSPS) is 24.4. The third-order valence-corrected chi connectivity index (χ3v) is 8.91. The van der Waals surface area contributed by atoms with Crippen molar-refractivity contribution >= 4 is 0 Å². The van der Waals surface area contributed by atoms with Gasteiger partial charge in [0.2, 0.25) is 0 Å². The topological polar surface area (TPSA) is 18.5 Å². The molecule has 2 nitrogen and oxygen atoms in total. The Morgan fingerprint density at radius 2 is 1.06 bits per heavy atom. The summed E-state index contributed by atoms with van der Waals surface area (Å²) in [5, 5.41) is 0. The number of hydrogen-bond donors (Lipinski definition) is 0. The second-order valence-electron chi connectivity index (χ2n) is 11.9. The van der Waals surface area contributed by atoms with Crippen LogP contribution < -0.4 is 9.47 Å². The molecule has 4 rings (SSSR count). The number of aryl methyl sites for hydroxylation is 1. The fourth-order valence-electron chi connectivity index (χ4n) is 6.28. The molecule has 2 fully saturated rings. The van der Waals surface area contributed by atoms with Gasteiger partial charge in [-0.2, -0.15) is 0 Å². The van der Waals surface area contributed by atoms with E-state index in [0.717, 1.165) is 61.2 Å². The van der Waals surface area contributed by atoms with E-state index in [1.54, 1.807) is 0 Å². The summed E-state index contributed by atoms with van der Waals surface area (Å²) in [6, 6.07) is 17.4. The minimum atomic E-state index is 0.757. The molecule has 0 radical (unpaired) electrons. The first-order valence-corrected chi connectivity index (χ1v) is 15.1. The maximum Gasteiger partial charge on any atom is 0.119 e. The Morgan fingerprint density at radius 3 is 1.58 bits per heavy atom. The smallest absolute Gasteiger partial charge is 0.119 e. The van der Waals surface area contributed by atoms with Gasteiger partial charge >= 0.3 is 0 Å². The van der Waals surface area contributed by atoms with Gasteiger partial charge in [0, 0.05) is 0 Å². The van der Waals surface area contributed by atoms with E-state index in [2.05, 4.69) is 62.4 Å². The molecule has 198 valence electrons. The van der Waals surface area contributed by atoms with Crippen LogP contribution >= 0.6 is 0 Å². The molecule has 2 aliphatic carbocycles. The Balaban J connectivity index is 1.03. The molecule has 0 aliphatic heterocycles. The number of unbranched alkanes of at least 4 members (excludes halogenated alkanes) is 3. The Morgan fingerprint density at radius 1 is 0.583 bits per heavy atom. The zero-order valence-electron chi connectivity index (χ0n) is 23.1. The molecule has 0 bridgehead atoms. The summed E-state index contributed by atoms with van der Waals surface area (Å²) < 4.78 is 11.8. The summed E-state index contributed by atoms with van der Waals surface area (Å²) in [6.07, 6.45) is 19.1. The van der Waals surface area contributed by atoms with Crippen molar-refractivity contribution in [3.63, 3.8) is 0 Å². The minimum Gasteiger partial charge on any atom is -0.494 e. The van der Waals surface area contributed by atoms with E-state index in [1.165, 1.54) is 88.2 Å². The van der Waals surface area contributed by atoms with Crippen molar-refractivity contribution in [2.45, 2.75) is 110 Å². The van der Waals surface area contributed by atoms with Crippen molar-refractivity contribution in [3.8, 4) is 11.5 Å². The average molecular weight is 491 g/mol. The molecule has 36 heavy (non-hydrogen) atoms. The van der Waals surface area contributed by atoms with E-state index < -0.39 is 0 Å². The van der Waals surface area contributed by atoms with Gasteiger partial charge in [0.05, 0.1) is 13.2 Å². The third kappa shape index (κ3) is 9.16. The highest BCUT2D eigenvalue weighted by atomic mass is 16.5. The standard InChI is InChI=1S/C34H50O2/c1-27-7-11-29(12-8-27)13-14-30-15-17-31(18-16-30)32-19-23-34(24-20-32)36-26-6-4-3-5-25-35-33-21-9-28(2)10-22-33/h9-10,19-24,27,29-31H,3-8,11-18,25-26H2,1-2H3. The highest BCUT2D eigenvalue weighted by Crippen LogP contribution is 2.40. The van der Waals surface area contributed by atoms with Gasteiger partial charge in [-0.15, -0.1) is 0 Å². The fourth-order valence-corrected chi connectivity index (χ4v) is 6.28. The molecule has 0 unspecified atom stereocenters. The van der Waals surface area contributed by atoms with Crippen LogP contribution in [0.25, 0.3) is 0 Å². The quantitative estimate of drug-likeness (QED) is 0.260. The Labute approximate surface area is 221 Å². The Bertz CT molecular complexity index is 840. The van der Waals surface area contributed by atoms with E-state index >= 15 is 0 Å². The van der Waals surface area contributed by atoms with Crippen LogP contribution in [-0.4, -0.2) is 13.2 Å². The minimum absolute atomic E-state index is 0.757. The molecule has 0 amide bonds. The summed E-state index contributed by atoms with van der Waals surface area (Å²) in [4.78, 5) is 0. The van der Waals surface area contributed by atoms with Crippen molar-refractivity contribution in [2.24, 2.45) is 17.8 Å². The number of ether oxygens (including phenoxy) is 2. The number of hydrogen-bond acceptors (Lipinski definition) is 2. The molecular formula is C34H50O2. The van der Waals surface area contributed by atoms with Gasteiger partial charge in [0.25, 0.3) is 0 Å². The lowest BCUT2D eigenvalue weighted by atomic mass is 9.74. The lowest BCUT2D eigenvalue weighted by Crippen LogP contribution is -2.17. The summed E-state index contributed by atoms with van der Waals surface area (Å²) in [5.74, 6) is 5.76. The monoisotopic (exact) mass is 490 g/mol. The predicted molar refractivity (Wildman–Crippen MR) is 152 cm³/mol. The van der Waals surface area contributed by atoms with Crippen molar-refractivity contribution in [2.75, 3.05) is 13.2 Å². The van der Waals surface area contributed by atoms with Crippen LogP contribution in [0.15, 0.2) is 48.5 Å². The van der Waals surface area contributed by atoms with Crippen LogP contribution in [-0.2, 0) is 0 Å². The summed E-state index contributed by atoms with van der Waals surface area (Å²) in [7, 11) is 0. The van der Waals surface area contributed by atoms with Crippen molar-refractivity contribution in [1.29, 1.82) is 0 Å². The van der Waals surface area contributed by atoms with Crippen molar-refractivity contribution < 1.29 is 9.47 Å². The molecule has 2 aliphatic rings. The fraction of sp³-hybridized carbons (Fsp3) is 0.647. The van der Waals surface area contributed by atoms with E-state index in [0.29, 0.717) is 0 Å². The third-order valence-electron chi connectivity index (χ3n) is 8.91. The zero-order chi connectivity index (χ0) is 25.0. The second kappa shape index (κ2) is 14.7. The Kier molecular flexibility index (Phi) is 11.1. The zero-order valence-corrected chi connectivity index (χ0v) is 23.1. The largest absolute Gasteiger partial charge is 0.494 e. The maximum atomic E-state index is 6.02. The maximum absolute atomic E-state index is 6.02. The van der Waals surface area contributed by atoms with E-state index in [1.807, 2.05) is 0 Å². The molecule has 0 spiro atoms. The van der Waals surface area contributed by atoms with Gasteiger partial charge < -0.3 is 9.47 Å². The highest BCUT2D eigenvalue weighted by molar-refractivity contribution is 5.30. The average Bonchev–Trinajstić information content (AvgIpc) is 2.91. The van der Waals surface area contributed by atoms with Gasteiger partial charge in [-0.05, 0) is 112 Å². The number of rotatable bonds is 13. The predicted octanol–water partition coefficient (Wildman–Crippen LogP) is 9.89. The van der Waals surface area contributed by atoms with Crippen LogP contribution in [0.5, 0.6) is 11.5 Å². The Hall–Kier alpha value is -1.96. The highest BCUT2D eigenvalue weighted by Gasteiger charge is 2.24. The summed E-state index contributed by atoms with van der Waals surface area (Å²) in [5.41, 5.74) is 2.80. The van der Waals surface area contributed by atoms with Crippen LogP contribution in [0, 0.1) is 24.7 Å². The summed E-state index contributed by atoms with van der Waals surface area (Å²) in [6.45, 7) is 6.14. The molecule has 0 heterocycles. The lowest BCUT2D eigenvalue weighted by molar-refractivity contribution is 0.237. The molecule has 2 heteroatoms. The van der Waals surface area contributed by atoms with Crippen molar-refractivity contribution in [3.05, 3.63) is 59.7 Å². The molecule has 0 aromatic heterocycles. The SMILES string of the molecule is Cc1ccc(OCCCCCCOc2ccc(C3CCC(CCC4CCC(C)CC4)CC3)cc2)cc1. The van der Waals surface area contributed by atoms with Gasteiger partial charge in [-0.1, -0.05) is 75.3 Å². The van der Waals surface area contributed by atoms with Gasteiger partial charge in [0.1, 0.15) is 11.5 Å². The van der Waals surface area contributed by atoms with Crippen LogP contribution in [0.4, 0.5) is 0 Å². The molecule has 0 N–H and O–H groups in total. The molecule has 2 saturated carbocycles. The first kappa shape index (κ1) is 27.1. The van der Waals surface area contributed by atoms with Gasteiger partial charge in [-0.25, -0.2) is 0 Å². The molecule has 0 atom stereocenters. The van der Waals surface area contributed by atoms with E-state index in [-0.39, 0.29) is 0 Å².